The van der Waals surface area contributed by atoms with E-state index in [1.165, 1.54) is 51.5 Å². The van der Waals surface area contributed by atoms with E-state index in [2.05, 4.69) is 31.1 Å². The van der Waals surface area contributed by atoms with Crippen LogP contribution in [0.3, 0.4) is 0 Å². The third kappa shape index (κ3) is 3.03. The van der Waals surface area contributed by atoms with Crippen molar-refractivity contribution in [2.75, 3.05) is 13.6 Å². The van der Waals surface area contributed by atoms with Gasteiger partial charge in [-0.1, -0.05) is 19.8 Å². The molecule has 2 aliphatic rings. The van der Waals surface area contributed by atoms with Gasteiger partial charge in [-0.2, -0.15) is 0 Å². The Balaban J connectivity index is 2.02. The molecule has 1 aliphatic heterocycles. The molecule has 1 N–H and O–H groups in total. The summed E-state index contributed by atoms with van der Waals surface area (Å²) < 4.78 is 0. The van der Waals surface area contributed by atoms with Gasteiger partial charge in [0.05, 0.1) is 0 Å². The van der Waals surface area contributed by atoms with Crippen molar-refractivity contribution in [2.24, 2.45) is 5.92 Å². The molecule has 0 amide bonds. The molecule has 17 heavy (non-hydrogen) atoms. The first-order chi connectivity index (χ1) is 8.26. The first kappa shape index (κ1) is 13.4. The highest BCUT2D eigenvalue weighted by atomic mass is 15.2. The number of likely N-dealkylation sites (N-methyl/N-ethyl adjacent to an activating group) is 1. The van der Waals surface area contributed by atoms with Crippen molar-refractivity contribution in [1.82, 2.24) is 10.2 Å². The predicted octanol–water partition coefficient (Wildman–Crippen LogP) is 3.03. The van der Waals surface area contributed by atoms with Crippen LogP contribution >= 0.6 is 0 Å². The summed E-state index contributed by atoms with van der Waals surface area (Å²) in [5.74, 6) is 0.971. The summed E-state index contributed by atoms with van der Waals surface area (Å²) in [5.41, 5.74) is 0. The smallest absolute Gasteiger partial charge is 0.0254 e. The van der Waals surface area contributed by atoms with Crippen LogP contribution in [-0.4, -0.2) is 36.6 Å². The molecule has 0 aromatic carbocycles. The minimum Gasteiger partial charge on any atom is -0.315 e. The van der Waals surface area contributed by atoms with Gasteiger partial charge in [-0.15, -0.1) is 0 Å². The monoisotopic (exact) mass is 238 g/mol. The van der Waals surface area contributed by atoms with Crippen LogP contribution in [0, 0.1) is 5.92 Å². The molecule has 1 heterocycles. The maximum Gasteiger partial charge on any atom is 0.0254 e. The first-order valence-electron chi connectivity index (χ1n) is 7.69. The molecule has 0 radical (unpaired) electrons. The second-order valence-electron chi connectivity index (χ2n) is 6.13. The van der Waals surface area contributed by atoms with Crippen LogP contribution in [0.5, 0.6) is 0 Å². The lowest BCUT2D eigenvalue weighted by Crippen LogP contribution is -2.56. The highest BCUT2D eigenvalue weighted by Gasteiger charge is 2.35. The molecule has 4 unspecified atom stereocenters. The predicted molar refractivity (Wildman–Crippen MR) is 74.3 cm³/mol. The lowest BCUT2D eigenvalue weighted by molar-refractivity contribution is 0.0454. The van der Waals surface area contributed by atoms with Crippen LogP contribution in [0.1, 0.15) is 58.8 Å². The summed E-state index contributed by atoms with van der Waals surface area (Å²) in [6.07, 6.45) is 9.86. The normalized spacial score (nSPS) is 40.4. The molecule has 1 aliphatic carbocycles. The number of nitrogens with one attached hydrogen (secondary N) is 1. The highest BCUT2D eigenvalue weighted by Crippen LogP contribution is 2.33. The van der Waals surface area contributed by atoms with Crippen molar-refractivity contribution in [3.8, 4) is 0 Å². The van der Waals surface area contributed by atoms with Gasteiger partial charge < -0.3 is 5.32 Å². The second-order valence-corrected chi connectivity index (χ2v) is 6.13. The van der Waals surface area contributed by atoms with Gasteiger partial charge in [-0.05, 0) is 58.5 Å². The SMILES string of the molecule is CCC1CCC(NC)C(N2CCCCC2C)C1. The minimum atomic E-state index is 0.735. The number of likely N-dealkylation sites (tertiary alicyclic amines) is 1. The van der Waals surface area contributed by atoms with Crippen LogP contribution in [0.2, 0.25) is 0 Å². The summed E-state index contributed by atoms with van der Waals surface area (Å²) in [5, 5.41) is 3.57. The average molecular weight is 238 g/mol. The summed E-state index contributed by atoms with van der Waals surface area (Å²) in [7, 11) is 2.15. The number of piperidine rings is 1. The first-order valence-corrected chi connectivity index (χ1v) is 7.69. The number of hydrogen-bond acceptors (Lipinski definition) is 2. The Labute approximate surface area is 107 Å². The minimum absolute atomic E-state index is 0.735. The van der Waals surface area contributed by atoms with Crippen molar-refractivity contribution >= 4 is 0 Å². The maximum atomic E-state index is 3.57. The zero-order chi connectivity index (χ0) is 12.3. The molecule has 100 valence electrons. The molecule has 2 fully saturated rings. The van der Waals surface area contributed by atoms with Crippen molar-refractivity contribution < 1.29 is 0 Å². The zero-order valence-corrected chi connectivity index (χ0v) is 11.9. The fraction of sp³-hybridized carbons (Fsp3) is 1.00. The number of rotatable bonds is 3. The Kier molecular flexibility index (Phi) is 4.87. The van der Waals surface area contributed by atoms with Gasteiger partial charge in [0.1, 0.15) is 0 Å². The van der Waals surface area contributed by atoms with Crippen LogP contribution in [0.25, 0.3) is 0 Å². The van der Waals surface area contributed by atoms with Gasteiger partial charge >= 0.3 is 0 Å². The quantitative estimate of drug-likeness (QED) is 0.813. The fourth-order valence-corrected chi connectivity index (χ4v) is 3.92. The topological polar surface area (TPSA) is 15.3 Å². The Bertz CT molecular complexity index is 229. The van der Waals surface area contributed by atoms with Gasteiger partial charge in [-0.3, -0.25) is 4.90 Å². The molecule has 1 saturated heterocycles. The molecule has 2 heteroatoms. The van der Waals surface area contributed by atoms with E-state index in [1.807, 2.05) is 0 Å². The number of nitrogens with zero attached hydrogens (tertiary/aromatic N) is 1. The molecule has 0 aromatic heterocycles. The number of hydrogen-bond donors (Lipinski definition) is 1. The van der Waals surface area contributed by atoms with E-state index in [0.717, 1.165) is 24.0 Å². The van der Waals surface area contributed by atoms with E-state index in [4.69, 9.17) is 0 Å². The van der Waals surface area contributed by atoms with E-state index in [0.29, 0.717) is 0 Å². The molecule has 0 aromatic rings. The largest absolute Gasteiger partial charge is 0.315 e. The summed E-state index contributed by atoms with van der Waals surface area (Å²) >= 11 is 0. The molecule has 2 rings (SSSR count). The van der Waals surface area contributed by atoms with Gasteiger partial charge in [0.25, 0.3) is 0 Å². The van der Waals surface area contributed by atoms with Gasteiger partial charge in [0.15, 0.2) is 0 Å². The third-order valence-corrected chi connectivity index (χ3v) is 5.15. The standard InChI is InChI=1S/C15H30N2/c1-4-13-8-9-14(16-3)15(11-13)17-10-6-5-7-12(17)2/h12-16H,4-11H2,1-3H3. The van der Waals surface area contributed by atoms with Crippen molar-refractivity contribution in [1.29, 1.82) is 0 Å². The highest BCUT2D eigenvalue weighted by molar-refractivity contribution is 4.93. The summed E-state index contributed by atoms with van der Waals surface area (Å²) in [6, 6.07) is 2.34. The Morgan fingerprint density at radius 2 is 2.00 bits per heavy atom. The summed E-state index contributed by atoms with van der Waals surface area (Å²) in [4.78, 5) is 2.81. The molecule has 0 bridgehead atoms. The van der Waals surface area contributed by atoms with Crippen LogP contribution in [-0.2, 0) is 0 Å². The molecule has 4 atom stereocenters. The zero-order valence-electron chi connectivity index (χ0n) is 11.9. The average Bonchev–Trinajstić information content (AvgIpc) is 2.38. The lowest BCUT2D eigenvalue weighted by atomic mass is 9.79. The molecule has 0 spiro atoms. The van der Waals surface area contributed by atoms with Gasteiger partial charge in [0.2, 0.25) is 0 Å². The molecular weight excluding hydrogens is 208 g/mol. The van der Waals surface area contributed by atoms with Crippen LogP contribution in [0.15, 0.2) is 0 Å². The van der Waals surface area contributed by atoms with E-state index in [1.54, 1.807) is 0 Å². The van der Waals surface area contributed by atoms with Crippen molar-refractivity contribution in [2.45, 2.75) is 76.9 Å². The van der Waals surface area contributed by atoms with Crippen molar-refractivity contribution in [3.05, 3.63) is 0 Å². The van der Waals surface area contributed by atoms with Gasteiger partial charge in [-0.25, -0.2) is 0 Å². The van der Waals surface area contributed by atoms with Crippen LogP contribution < -0.4 is 5.32 Å². The summed E-state index contributed by atoms with van der Waals surface area (Å²) in [6.45, 7) is 6.13. The lowest BCUT2D eigenvalue weighted by Gasteiger charge is -2.47. The van der Waals surface area contributed by atoms with Crippen LogP contribution in [0.4, 0.5) is 0 Å². The van der Waals surface area contributed by atoms with E-state index in [9.17, 15) is 0 Å². The second kappa shape index (κ2) is 6.19. The van der Waals surface area contributed by atoms with Crippen molar-refractivity contribution in [3.63, 3.8) is 0 Å². The molecule has 2 nitrogen and oxygen atoms in total. The Morgan fingerprint density at radius 3 is 2.65 bits per heavy atom. The Hall–Kier alpha value is -0.0800. The maximum absolute atomic E-state index is 3.57. The van der Waals surface area contributed by atoms with E-state index < -0.39 is 0 Å². The van der Waals surface area contributed by atoms with E-state index in [-0.39, 0.29) is 0 Å². The van der Waals surface area contributed by atoms with Gasteiger partial charge in [0, 0.05) is 18.1 Å². The molecular formula is C15H30N2. The van der Waals surface area contributed by atoms with E-state index >= 15 is 0 Å². The Morgan fingerprint density at radius 1 is 1.18 bits per heavy atom. The third-order valence-electron chi connectivity index (χ3n) is 5.15. The molecule has 1 saturated carbocycles. The fourth-order valence-electron chi connectivity index (χ4n) is 3.92.